The summed E-state index contributed by atoms with van der Waals surface area (Å²) < 4.78 is 1.34. The minimum absolute atomic E-state index is 0.417. The smallest absolute Gasteiger partial charge is 0.170 e. The van der Waals surface area contributed by atoms with Crippen molar-refractivity contribution in [2.24, 2.45) is 0 Å². The van der Waals surface area contributed by atoms with E-state index >= 15 is 0 Å². The predicted octanol–water partition coefficient (Wildman–Crippen LogP) is 0.335. The first kappa shape index (κ1) is 5.03. The Balaban J connectivity index is 3.00. The maximum atomic E-state index is 9.92. The summed E-state index contributed by atoms with van der Waals surface area (Å²) >= 11 is 0. The Morgan fingerprint density at radius 3 is 2.88 bits per heavy atom. The third kappa shape index (κ3) is 0.753. The second kappa shape index (κ2) is 1.78. The molecule has 0 aliphatic heterocycles. The molecule has 0 aromatic carbocycles. The standard InChI is InChI=1S/C5H5N2O/c1-7-3-2-5(4-8)6-7/h2-4H,1H2. The Hall–Kier alpha value is -1.12. The van der Waals surface area contributed by atoms with Gasteiger partial charge in [0, 0.05) is 6.20 Å². The highest BCUT2D eigenvalue weighted by atomic mass is 16.1. The predicted molar refractivity (Wildman–Crippen MR) is 28.4 cm³/mol. The minimum Gasteiger partial charge on any atom is -0.296 e. The van der Waals surface area contributed by atoms with Gasteiger partial charge in [0.2, 0.25) is 0 Å². The molecular weight excluding hydrogens is 104 g/mol. The molecule has 41 valence electrons. The second-order valence-electron chi connectivity index (χ2n) is 1.40. The van der Waals surface area contributed by atoms with Gasteiger partial charge in [0.25, 0.3) is 0 Å². The number of hydrogen-bond donors (Lipinski definition) is 0. The molecule has 0 fully saturated rings. The van der Waals surface area contributed by atoms with Crippen LogP contribution in [0.4, 0.5) is 0 Å². The summed E-state index contributed by atoms with van der Waals surface area (Å²) in [7, 11) is 3.44. The first-order valence-corrected chi connectivity index (χ1v) is 2.14. The van der Waals surface area contributed by atoms with Crippen molar-refractivity contribution in [2.75, 3.05) is 0 Å². The molecule has 3 heteroatoms. The highest BCUT2D eigenvalue weighted by Gasteiger charge is 1.88. The zero-order valence-electron chi connectivity index (χ0n) is 4.24. The first-order valence-electron chi connectivity index (χ1n) is 2.14. The van der Waals surface area contributed by atoms with E-state index in [0.29, 0.717) is 12.0 Å². The van der Waals surface area contributed by atoms with Crippen LogP contribution in [0.3, 0.4) is 0 Å². The molecule has 0 bridgehead atoms. The quantitative estimate of drug-likeness (QED) is 0.487. The molecule has 1 aromatic heterocycles. The van der Waals surface area contributed by atoms with Gasteiger partial charge in [-0.2, -0.15) is 5.10 Å². The van der Waals surface area contributed by atoms with Crippen LogP contribution in [0.25, 0.3) is 0 Å². The van der Waals surface area contributed by atoms with Crippen molar-refractivity contribution >= 4 is 6.29 Å². The molecule has 0 atom stereocenters. The van der Waals surface area contributed by atoms with Crippen molar-refractivity contribution in [1.29, 1.82) is 0 Å². The normalized spacial score (nSPS) is 9.12. The molecule has 0 saturated heterocycles. The molecule has 0 amide bonds. The fourth-order valence-corrected chi connectivity index (χ4v) is 0.440. The molecular formula is C5H5N2O. The molecule has 1 heterocycles. The van der Waals surface area contributed by atoms with E-state index in [1.54, 1.807) is 12.3 Å². The Labute approximate surface area is 46.9 Å². The molecule has 0 saturated carbocycles. The van der Waals surface area contributed by atoms with Gasteiger partial charge in [-0.15, -0.1) is 0 Å². The summed E-state index contributed by atoms with van der Waals surface area (Å²) in [5.74, 6) is 0. The van der Waals surface area contributed by atoms with Gasteiger partial charge in [-0.3, -0.25) is 9.48 Å². The number of aldehydes is 1. The lowest BCUT2D eigenvalue weighted by Gasteiger charge is -1.78. The van der Waals surface area contributed by atoms with Gasteiger partial charge in [0.15, 0.2) is 6.29 Å². The second-order valence-corrected chi connectivity index (χ2v) is 1.40. The lowest BCUT2D eigenvalue weighted by Crippen LogP contribution is -1.86. The maximum absolute atomic E-state index is 9.92. The highest BCUT2D eigenvalue weighted by molar-refractivity contribution is 5.71. The fourth-order valence-electron chi connectivity index (χ4n) is 0.440. The van der Waals surface area contributed by atoms with Crippen LogP contribution < -0.4 is 0 Å². The topological polar surface area (TPSA) is 34.9 Å². The molecule has 0 unspecified atom stereocenters. The summed E-state index contributed by atoms with van der Waals surface area (Å²) in [5, 5.41) is 3.67. The van der Waals surface area contributed by atoms with E-state index in [4.69, 9.17) is 0 Å². The van der Waals surface area contributed by atoms with E-state index < -0.39 is 0 Å². The van der Waals surface area contributed by atoms with Crippen molar-refractivity contribution in [3.05, 3.63) is 25.0 Å². The van der Waals surface area contributed by atoms with Gasteiger partial charge in [-0.05, 0) is 6.07 Å². The van der Waals surface area contributed by atoms with Crippen LogP contribution in [0.2, 0.25) is 0 Å². The van der Waals surface area contributed by atoms with Crippen molar-refractivity contribution < 1.29 is 4.79 Å². The van der Waals surface area contributed by atoms with Crippen LogP contribution in [-0.2, 0) is 0 Å². The largest absolute Gasteiger partial charge is 0.296 e. The number of aromatic nitrogens is 2. The molecule has 0 aliphatic carbocycles. The molecule has 1 aromatic rings. The average Bonchev–Trinajstić information content (AvgIpc) is 2.14. The van der Waals surface area contributed by atoms with Gasteiger partial charge < -0.3 is 0 Å². The number of rotatable bonds is 1. The van der Waals surface area contributed by atoms with Crippen molar-refractivity contribution in [3.63, 3.8) is 0 Å². The maximum Gasteiger partial charge on any atom is 0.170 e. The summed E-state index contributed by atoms with van der Waals surface area (Å²) in [6.45, 7) is 0. The first-order chi connectivity index (χ1) is 3.83. The van der Waals surface area contributed by atoms with Gasteiger partial charge in [-0.25, -0.2) is 0 Å². The van der Waals surface area contributed by atoms with E-state index in [9.17, 15) is 4.79 Å². The Morgan fingerprint density at radius 2 is 2.62 bits per heavy atom. The van der Waals surface area contributed by atoms with E-state index in [1.807, 2.05) is 0 Å². The van der Waals surface area contributed by atoms with Crippen molar-refractivity contribution in [3.8, 4) is 0 Å². The summed E-state index contributed by atoms with van der Waals surface area (Å²) in [6.07, 6.45) is 2.30. The Bertz CT molecular complexity index is 192. The molecule has 3 nitrogen and oxygen atoms in total. The van der Waals surface area contributed by atoms with Crippen LogP contribution in [-0.4, -0.2) is 16.1 Å². The Morgan fingerprint density at radius 1 is 1.88 bits per heavy atom. The molecule has 1 rings (SSSR count). The number of carbonyl (C=O) groups excluding carboxylic acids is 1. The minimum atomic E-state index is 0.417. The van der Waals surface area contributed by atoms with Crippen LogP contribution in [0, 0.1) is 7.05 Å². The van der Waals surface area contributed by atoms with Gasteiger partial charge in [0.05, 0.1) is 7.05 Å². The monoisotopic (exact) mass is 109 g/mol. The van der Waals surface area contributed by atoms with Gasteiger partial charge in [-0.1, -0.05) is 0 Å². The number of hydrogen-bond acceptors (Lipinski definition) is 2. The van der Waals surface area contributed by atoms with Crippen LogP contribution >= 0.6 is 0 Å². The molecule has 1 radical (unpaired) electrons. The van der Waals surface area contributed by atoms with Crippen LogP contribution in [0.5, 0.6) is 0 Å². The molecule has 0 spiro atoms. The zero-order chi connectivity index (χ0) is 5.98. The number of nitrogens with zero attached hydrogens (tertiary/aromatic N) is 2. The van der Waals surface area contributed by atoms with E-state index in [-0.39, 0.29) is 0 Å². The Kier molecular flexibility index (Phi) is 1.12. The molecule has 0 aliphatic rings. The summed E-state index contributed by atoms with van der Waals surface area (Å²) in [6, 6.07) is 1.60. The summed E-state index contributed by atoms with van der Waals surface area (Å²) in [5.41, 5.74) is 0.417. The fraction of sp³-hybridized carbons (Fsp3) is 0. The van der Waals surface area contributed by atoms with E-state index in [1.165, 1.54) is 4.68 Å². The average molecular weight is 109 g/mol. The van der Waals surface area contributed by atoms with Crippen molar-refractivity contribution in [1.82, 2.24) is 9.78 Å². The number of carbonyl (C=O) groups is 1. The SMILES string of the molecule is [CH2]n1ccc(C=O)n1. The zero-order valence-corrected chi connectivity index (χ0v) is 4.24. The summed E-state index contributed by atoms with van der Waals surface area (Å²) in [4.78, 5) is 9.92. The van der Waals surface area contributed by atoms with E-state index in [0.717, 1.165) is 0 Å². The third-order valence-electron chi connectivity index (χ3n) is 0.782. The highest BCUT2D eigenvalue weighted by Crippen LogP contribution is 1.86. The molecule has 8 heavy (non-hydrogen) atoms. The van der Waals surface area contributed by atoms with Gasteiger partial charge >= 0.3 is 0 Å². The van der Waals surface area contributed by atoms with Crippen LogP contribution in [0.15, 0.2) is 12.3 Å². The lowest BCUT2D eigenvalue weighted by atomic mass is 10.5. The van der Waals surface area contributed by atoms with Crippen molar-refractivity contribution in [2.45, 2.75) is 0 Å². The van der Waals surface area contributed by atoms with Gasteiger partial charge in [0.1, 0.15) is 5.69 Å². The third-order valence-corrected chi connectivity index (χ3v) is 0.782. The lowest BCUT2D eigenvalue weighted by molar-refractivity contribution is 0.111. The molecule has 0 N–H and O–H groups in total. The van der Waals surface area contributed by atoms with E-state index in [2.05, 4.69) is 12.1 Å². The van der Waals surface area contributed by atoms with Crippen LogP contribution in [0.1, 0.15) is 10.5 Å².